The summed E-state index contributed by atoms with van der Waals surface area (Å²) < 4.78 is 5.47. The van der Waals surface area contributed by atoms with Crippen LogP contribution in [0.25, 0.3) is 0 Å². The van der Waals surface area contributed by atoms with E-state index in [1.165, 1.54) is 13.0 Å². The first kappa shape index (κ1) is 18.0. The third-order valence-electron chi connectivity index (χ3n) is 2.92. The minimum atomic E-state index is -0.559. The van der Waals surface area contributed by atoms with Crippen LogP contribution in [-0.4, -0.2) is 28.4 Å². The molecule has 0 aliphatic rings. The lowest BCUT2D eigenvalue weighted by atomic mass is 10.1. The highest BCUT2D eigenvalue weighted by Crippen LogP contribution is 2.16. The molecular weight excluding hydrogens is 278 g/mol. The Bertz CT molecular complexity index is 529. The lowest BCUT2D eigenvalue weighted by Gasteiger charge is -2.30. The van der Waals surface area contributed by atoms with Gasteiger partial charge in [0.15, 0.2) is 5.78 Å². The Morgan fingerprint density at radius 1 is 1.23 bits per heavy atom. The molecule has 1 aromatic carbocycles. The van der Waals surface area contributed by atoms with Gasteiger partial charge in [0.1, 0.15) is 5.60 Å². The second-order valence-electron chi connectivity index (χ2n) is 6.30. The summed E-state index contributed by atoms with van der Waals surface area (Å²) in [7, 11) is 0. The van der Waals surface area contributed by atoms with Crippen LogP contribution in [0.5, 0.6) is 0 Å². The van der Waals surface area contributed by atoms with Gasteiger partial charge in [0.05, 0.1) is 6.04 Å². The van der Waals surface area contributed by atoms with E-state index in [4.69, 9.17) is 4.74 Å². The topological polar surface area (TPSA) is 46.6 Å². The molecule has 1 amide bonds. The van der Waals surface area contributed by atoms with Crippen molar-refractivity contribution >= 4 is 11.9 Å². The summed E-state index contributed by atoms with van der Waals surface area (Å²) in [5, 5.41) is 0. The molecule has 0 unspecified atom stereocenters. The summed E-state index contributed by atoms with van der Waals surface area (Å²) in [6, 6.07) is 9.47. The molecule has 4 nitrogen and oxygen atoms in total. The number of amides is 1. The SMILES string of the molecule is CC(=O)/C=C/[C@H](C)N(Cc1ccccc1)C(=O)OC(C)(C)C. The van der Waals surface area contributed by atoms with Crippen LogP contribution in [0.4, 0.5) is 4.79 Å². The molecular formula is C18H25NO3. The normalized spacial score (nSPS) is 13.0. The Hall–Kier alpha value is -2.10. The fraction of sp³-hybridized carbons (Fsp3) is 0.444. The number of benzene rings is 1. The Labute approximate surface area is 132 Å². The fourth-order valence-electron chi connectivity index (χ4n) is 1.85. The van der Waals surface area contributed by atoms with Crippen molar-refractivity contribution in [2.24, 2.45) is 0 Å². The van der Waals surface area contributed by atoms with E-state index in [0.717, 1.165) is 5.56 Å². The van der Waals surface area contributed by atoms with Crippen LogP contribution in [0.1, 0.15) is 40.2 Å². The number of carbonyl (C=O) groups excluding carboxylic acids is 2. The van der Waals surface area contributed by atoms with Crippen molar-refractivity contribution in [2.75, 3.05) is 0 Å². The number of nitrogens with zero attached hydrogens (tertiary/aromatic N) is 1. The molecule has 0 bridgehead atoms. The first-order valence-corrected chi connectivity index (χ1v) is 7.41. The zero-order valence-corrected chi connectivity index (χ0v) is 14.0. The summed E-state index contributed by atoms with van der Waals surface area (Å²) in [6.45, 7) is 9.29. The maximum Gasteiger partial charge on any atom is 0.411 e. The van der Waals surface area contributed by atoms with Gasteiger partial charge < -0.3 is 4.74 Å². The molecule has 0 saturated heterocycles. The van der Waals surface area contributed by atoms with Gasteiger partial charge in [0, 0.05) is 6.54 Å². The summed E-state index contributed by atoms with van der Waals surface area (Å²) >= 11 is 0. The third-order valence-corrected chi connectivity index (χ3v) is 2.92. The van der Waals surface area contributed by atoms with Gasteiger partial charge in [-0.1, -0.05) is 36.4 Å². The number of rotatable bonds is 5. The van der Waals surface area contributed by atoms with Gasteiger partial charge >= 0.3 is 6.09 Å². The van der Waals surface area contributed by atoms with Crippen molar-refractivity contribution in [3.8, 4) is 0 Å². The standard InChI is InChI=1S/C18H25NO3/c1-14(11-12-15(2)20)19(17(21)22-18(3,4)5)13-16-9-7-6-8-10-16/h6-12,14H,13H2,1-5H3/b12-11+/t14-/m0/s1. The minimum Gasteiger partial charge on any atom is -0.444 e. The molecule has 0 spiro atoms. The molecule has 0 saturated carbocycles. The average molecular weight is 303 g/mol. The van der Waals surface area contributed by atoms with E-state index in [-0.39, 0.29) is 11.8 Å². The van der Waals surface area contributed by atoms with E-state index in [1.807, 2.05) is 58.0 Å². The van der Waals surface area contributed by atoms with E-state index in [1.54, 1.807) is 11.0 Å². The zero-order valence-electron chi connectivity index (χ0n) is 14.0. The number of ether oxygens (including phenoxy) is 1. The number of hydrogen-bond donors (Lipinski definition) is 0. The molecule has 22 heavy (non-hydrogen) atoms. The van der Waals surface area contributed by atoms with Crippen LogP contribution in [0.15, 0.2) is 42.5 Å². The van der Waals surface area contributed by atoms with E-state index in [9.17, 15) is 9.59 Å². The molecule has 0 aliphatic carbocycles. The van der Waals surface area contributed by atoms with Gasteiger partial charge in [-0.3, -0.25) is 9.69 Å². The second kappa shape index (κ2) is 7.78. The monoisotopic (exact) mass is 303 g/mol. The highest BCUT2D eigenvalue weighted by molar-refractivity contribution is 5.87. The van der Waals surface area contributed by atoms with Crippen LogP contribution < -0.4 is 0 Å². The van der Waals surface area contributed by atoms with Crippen LogP contribution in [-0.2, 0) is 16.1 Å². The minimum absolute atomic E-state index is 0.0456. The maximum absolute atomic E-state index is 12.4. The lowest BCUT2D eigenvalue weighted by Crippen LogP contribution is -2.41. The van der Waals surface area contributed by atoms with E-state index in [0.29, 0.717) is 6.54 Å². The Morgan fingerprint density at radius 2 is 1.82 bits per heavy atom. The molecule has 0 heterocycles. The number of carbonyl (C=O) groups is 2. The highest BCUT2D eigenvalue weighted by Gasteiger charge is 2.25. The Morgan fingerprint density at radius 3 is 2.32 bits per heavy atom. The van der Waals surface area contributed by atoms with Gasteiger partial charge in [0.25, 0.3) is 0 Å². The summed E-state index contributed by atoms with van der Waals surface area (Å²) in [6.07, 6.45) is 2.81. The maximum atomic E-state index is 12.4. The smallest absolute Gasteiger partial charge is 0.411 e. The Kier molecular flexibility index (Phi) is 6.35. The van der Waals surface area contributed by atoms with Crippen molar-refractivity contribution in [3.63, 3.8) is 0 Å². The summed E-state index contributed by atoms with van der Waals surface area (Å²) in [5.41, 5.74) is 0.451. The molecule has 0 N–H and O–H groups in total. The molecule has 0 aromatic heterocycles. The molecule has 120 valence electrons. The van der Waals surface area contributed by atoms with Gasteiger partial charge in [-0.15, -0.1) is 0 Å². The first-order chi connectivity index (χ1) is 10.2. The second-order valence-corrected chi connectivity index (χ2v) is 6.30. The number of allylic oxidation sites excluding steroid dienone is 1. The molecule has 1 atom stereocenters. The summed E-state index contributed by atoms with van der Waals surface area (Å²) in [5.74, 6) is -0.0456. The predicted molar refractivity (Wildman–Crippen MR) is 87.5 cm³/mol. The Balaban J connectivity index is 2.93. The first-order valence-electron chi connectivity index (χ1n) is 7.41. The average Bonchev–Trinajstić information content (AvgIpc) is 2.41. The third kappa shape index (κ3) is 6.57. The van der Waals surface area contributed by atoms with Crippen molar-refractivity contribution in [2.45, 2.75) is 52.8 Å². The van der Waals surface area contributed by atoms with Crippen LogP contribution in [0.2, 0.25) is 0 Å². The van der Waals surface area contributed by atoms with Gasteiger partial charge in [0.2, 0.25) is 0 Å². The van der Waals surface area contributed by atoms with Crippen LogP contribution >= 0.6 is 0 Å². The van der Waals surface area contributed by atoms with E-state index >= 15 is 0 Å². The summed E-state index contributed by atoms with van der Waals surface area (Å²) in [4.78, 5) is 25.2. The van der Waals surface area contributed by atoms with E-state index < -0.39 is 11.7 Å². The molecule has 0 aliphatic heterocycles. The quantitative estimate of drug-likeness (QED) is 0.774. The van der Waals surface area contributed by atoms with Gasteiger partial charge in [-0.05, 0) is 46.3 Å². The van der Waals surface area contributed by atoms with Crippen molar-refractivity contribution in [1.29, 1.82) is 0 Å². The molecule has 1 rings (SSSR count). The lowest BCUT2D eigenvalue weighted by molar-refractivity contribution is -0.112. The predicted octanol–water partition coefficient (Wildman–Crippen LogP) is 3.96. The zero-order chi connectivity index (χ0) is 16.8. The van der Waals surface area contributed by atoms with Gasteiger partial charge in [-0.25, -0.2) is 4.79 Å². The molecule has 0 radical (unpaired) electrons. The largest absolute Gasteiger partial charge is 0.444 e. The van der Waals surface area contributed by atoms with Crippen molar-refractivity contribution < 1.29 is 14.3 Å². The highest BCUT2D eigenvalue weighted by atomic mass is 16.6. The number of hydrogen-bond acceptors (Lipinski definition) is 3. The molecule has 4 heteroatoms. The molecule has 0 fully saturated rings. The van der Waals surface area contributed by atoms with Gasteiger partial charge in [-0.2, -0.15) is 0 Å². The van der Waals surface area contributed by atoms with Crippen molar-refractivity contribution in [3.05, 3.63) is 48.0 Å². The van der Waals surface area contributed by atoms with E-state index in [2.05, 4.69) is 0 Å². The fourth-order valence-corrected chi connectivity index (χ4v) is 1.85. The van der Waals surface area contributed by atoms with Crippen LogP contribution in [0, 0.1) is 0 Å². The van der Waals surface area contributed by atoms with Crippen LogP contribution in [0.3, 0.4) is 0 Å². The molecule has 1 aromatic rings. The number of ketones is 1. The van der Waals surface area contributed by atoms with Crippen molar-refractivity contribution in [1.82, 2.24) is 4.90 Å².